The first-order valence-corrected chi connectivity index (χ1v) is 6.69. The molecule has 0 atom stereocenters. The fourth-order valence-corrected chi connectivity index (χ4v) is 3.09. The van der Waals surface area contributed by atoms with Crippen LogP contribution in [0.25, 0.3) is 0 Å². The van der Waals surface area contributed by atoms with Crippen molar-refractivity contribution in [3.05, 3.63) is 0 Å². The maximum absolute atomic E-state index is 3.38. The van der Waals surface area contributed by atoms with Crippen LogP contribution in [-0.4, -0.2) is 48.1 Å². The van der Waals surface area contributed by atoms with Crippen LogP contribution >= 0.6 is 11.8 Å². The number of nitrogens with zero attached hydrogens (tertiary/aromatic N) is 1. The van der Waals surface area contributed by atoms with Crippen molar-refractivity contribution >= 4 is 11.8 Å². The number of thioether (sulfide) groups is 1. The molecule has 0 aliphatic carbocycles. The molecular formula is C11H24N2S. The van der Waals surface area contributed by atoms with Gasteiger partial charge in [0.2, 0.25) is 0 Å². The van der Waals surface area contributed by atoms with Crippen molar-refractivity contribution in [1.82, 2.24) is 10.2 Å². The summed E-state index contributed by atoms with van der Waals surface area (Å²) in [5.74, 6) is 1.30. The Morgan fingerprint density at radius 2 is 2.21 bits per heavy atom. The largest absolute Gasteiger partial charge is 0.317 e. The highest BCUT2D eigenvalue weighted by atomic mass is 32.2. The molecule has 0 amide bonds. The van der Waals surface area contributed by atoms with E-state index >= 15 is 0 Å². The van der Waals surface area contributed by atoms with E-state index in [1.165, 1.54) is 38.4 Å². The fraction of sp³-hybridized carbons (Fsp3) is 1.00. The van der Waals surface area contributed by atoms with Crippen LogP contribution in [0.4, 0.5) is 0 Å². The summed E-state index contributed by atoms with van der Waals surface area (Å²) < 4.78 is 0.469. The Hall–Kier alpha value is 0.270. The zero-order chi connectivity index (χ0) is 10.4. The van der Waals surface area contributed by atoms with Crippen LogP contribution in [0.15, 0.2) is 0 Å². The zero-order valence-corrected chi connectivity index (χ0v) is 10.6. The first-order chi connectivity index (χ1) is 6.64. The highest BCUT2D eigenvalue weighted by Crippen LogP contribution is 2.29. The fourth-order valence-electron chi connectivity index (χ4n) is 1.91. The number of nitrogens with one attached hydrogen (secondary N) is 1. The molecule has 0 aromatic carbocycles. The van der Waals surface area contributed by atoms with Crippen LogP contribution in [-0.2, 0) is 0 Å². The predicted octanol–water partition coefficient (Wildman–Crippen LogP) is 1.81. The maximum atomic E-state index is 3.38. The summed E-state index contributed by atoms with van der Waals surface area (Å²) in [6, 6.07) is 0. The van der Waals surface area contributed by atoms with E-state index in [9.17, 15) is 0 Å². The van der Waals surface area contributed by atoms with E-state index in [1.807, 2.05) is 0 Å². The summed E-state index contributed by atoms with van der Waals surface area (Å²) in [5, 5.41) is 3.38. The number of hydrogen-bond donors (Lipinski definition) is 1. The summed E-state index contributed by atoms with van der Waals surface area (Å²) in [6.45, 7) is 12.9. The molecule has 3 heteroatoms. The van der Waals surface area contributed by atoms with Crippen LogP contribution in [0.5, 0.6) is 0 Å². The van der Waals surface area contributed by atoms with Crippen LogP contribution in [0.3, 0.4) is 0 Å². The van der Waals surface area contributed by atoms with Gasteiger partial charge in [-0.15, -0.1) is 0 Å². The molecule has 0 saturated carbocycles. The monoisotopic (exact) mass is 216 g/mol. The molecule has 14 heavy (non-hydrogen) atoms. The van der Waals surface area contributed by atoms with Gasteiger partial charge in [-0.05, 0) is 39.9 Å². The van der Waals surface area contributed by atoms with Crippen molar-refractivity contribution in [3.63, 3.8) is 0 Å². The molecule has 84 valence electrons. The van der Waals surface area contributed by atoms with E-state index in [-0.39, 0.29) is 0 Å². The summed E-state index contributed by atoms with van der Waals surface area (Å²) in [6.07, 6.45) is 1.29. The summed E-state index contributed by atoms with van der Waals surface area (Å²) in [4.78, 5) is 2.60. The lowest BCUT2D eigenvalue weighted by Crippen LogP contribution is -2.43. The molecule has 1 N–H and O–H groups in total. The Morgan fingerprint density at radius 3 is 2.86 bits per heavy atom. The minimum Gasteiger partial charge on any atom is -0.317 e. The van der Waals surface area contributed by atoms with Crippen LogP contribution in [0, 0.1) is 0 Å². The number of rotatable bonds is 5. The summed E-state index contributed by atoms with van der Waals surface area (Å²) >= 11 is 2.11. The SMILES string of the molecule is CCNCCCN1CCSC(C)(C)C1. The topological polar surface area (TPSA) is 15.3 Å². The summed E-state index contributed by atoms with van der Waals surface area (Å²) in [5.41, 5.74) is 0. The molecule has 0 aromatic heterocycles. The maximum Gasteiger partial charge on any atom is 0.0231 e. The van der Waals surface area contributed by atoms with Gasteiger partial charge >= 0.3 is 0 Å². The van der Waals surface area contributed by atoms with Crippen molar-refractivity contribution in [1.29, 1.82) is 0 Å². The lowest BCUT2D eigenvalue weighted by atomic mass is 10.2. The van der Waals surface area contributed by atoms with Gasteiger partial charge in [0.25, 0.3) is 0 Å². The van der Waals surface area contributed by atoms with Gasteiger partial charge in [0.05, 0.1) is 0 Å². The van der Waals surface area contributed by atoms with E-state index in [4.69, 9.17) is 0 Å². The standard InChI is InChI=1S/C11H24N2S/c1-4-12-6-5-7-13-8-9-14-11(2,3)10-13/h12H,4-10H2,1-3H3. The molecule has 1 saturated heterocycles. The molecular weight excluding hydrogens is 192 g/mol. The molecule has 0 unspecified atom stereocenters. The molecule has 2 nitrogen and oxygen atoms in total. The second kappa shape index (κ2) is 5.99. The molecule has 0 aromatic rings. The zero-order valence-electron chi connectivity index (χ0n) is 9.81. The normalized spacial score (nSPS) is 22.5. The predicted molar refractivity (Wildman–Crippen MR) is 66.1 cm³/mol. The van der Waals surface area contributed by atoms with Crippen LogP contribution in [0.1, 0.15) is 27.2 Å². The van der Waals surface area contributed by atoms with Gasteiger partial charge in [-0.3, -0.25) is 0 Å². The Bertz CT molecular complexity index is 159. The van der Waals surface area contributed by atoms with Crippen molar-refractivity contribution < 1.29 is 0 Å². The van der Waals surface area contributed by atoms with Gasteiger partial charge in [-0.25, -0.2) is 0 Å². The van der Waals surface area contributed by atoms with Gasteiger partial charge < -0.3 is 10.2 Å². The minimum atomic E-state index is 0.469. The molecule has 1 heterocycles. The van der Waals surface area contributed by atoms with Crippen molar-refractivity contribution in [2.45, 2.75) is 31.9 Å². The Morgan fingerprint density at radius 1 is 1.43 bits per heavy atom. The van der Waals surface area contributed by atoms with Gasteiger partial charge in [-0.2, -0.15) is 11.8 Å². The van der Waals surface area contributed by atoms with Crippen LogP contribution < -0.4 is 5.32 Å². The van der Waals surface area contributed by atoms with E-state index < -0.39 is 0 Å². The van der Waals surface area contributed by atoms with E-state index in [1.54, 1.807) is 0 Å². The second-order valence-electron chi connectivity index (χ2n) is 4.59. The third kappa shape index (κ3) is 4.67. The lowest BCUT2D eigenvalue weighted by molar-refractivity contribution is 0.257. The molecule has 0 spiro atoms. The molecule has 1 rings (SSSR count). The first-order valence-electron chi connectivity index (χ1n) is 5.71. The average Bonchev–Trinajstić information content (AvgIpc) is 2.11. The smallest absolute Gasteiger partial charge is 0.0231 e. The lowest BCUT2D eigenvalue weighted by Gasteiger charge is -2.37. The first kappa shape index (κ1) is 12.3. The van der Waals surface area contributed by atoms with Crippen LogP contribution in [0.2, 0.25) is 0 Å². The average molecular weight is 216 g/mol. The highest BCUT2D eigenvalue weighted by Gasteiger charge is 2.26. The summed E-state index contributed by atoms with van der Waals surface area (Å²) in [7, 11) is 0. The van der Waals surface area contributed by atoms with Gasteiger partial charge in [0.1, 0.15) is 0 Å². The quantitative estimate of drug-likeness (QED) is 0.706. The second-order valence-corrected chi connectivity index (χ2v) is 6.39. The Kier molecular flexibility index (Phi) is 5.28. The van der Waals surface area contributed by atoms with Gasteiger partial charge in [-0.1, -0.05) is 6.92 Å². The molecule has 1 aliphatic rings. The van der Waals surface area contributed by atoms with E-state index in [0.29, 0.717) is 4.75 Å². The van der Waals surface area contributed by atoms with Crippen molar-refractivity contribution in [2.75, 3.05) is 38.5 Å². The van der Waals surface area contributed by atoms with Crippen molar-refractivity contribution in [2.24, 2.45) is 0 Å². The van der Waals surface area contributed by atoms with Gasteiger partial charge in [0.15, 0.2) is 0 Å². The Labute approximate surface area is 92.8 Å². The minimum absolute atomic E-state index is 0.469. The highest BCUT2D eigenvalue weighted by molar-refractivity contribution is 8.00. The van der Waals surface area contributed by atoms with Crippen molar-refractivity contribution in [3.8, 4) is 0 Å². The number of hydrogen-bond acceptors (Lipinski definition) is 3. The van der Waals surface area contributed by atoms with E-state index in [0.717, 1.165) is 6.54 Å². The van der Waals surface area contributed by atoms with Gasteiger partial charge in [0, 0.05) is 23.6 Å². The molecule has 0 radical (unpaired) electrons. The molecule has 0 bridgehead atoms. The third-order valence-electron chi connectivity index (χ3n) is 2.58. The van der Waals surface area contributed by atoms with E-state index in [2.05, 4.69) is 42.7 Å². The third-order valence-corrected chi connectivity index (χ3v) is 3.88. The molecule has 1 aliphatic heterocycles. The Balaban J connectivity index is 2.12. The molecule has 1 fully saturated rings.